The Kier molecular flexibility index (Phi) is 4.26. The van der Waals surface area contributed by atoms with E-state index in [0.29, 0.717) is 0 Å². The second-order valence-electron chi connectivity index (χ2n) is 6.07. The molecular formula is C14H27NO. The van der Waals surface area contributed by atoms with E-state index in [2.05, 4.69) is 12.2 Å². The molecule has 0 aromatic carbocycles. The molecule has 0 spiro atoms. The molecule has 1 aliphatic heterocycles. The molecule has 2 aliphatic rings. The summed E-state index contributed by atoms with van der Waals surface area (Å²) in [5.74, 6) is 1.95. The standard InChI is InChI=1S/C14H27NO/c1-14(11-16-2)10-13(8-9-15-14)12-6-4-3-5-7-12/h12-13,15H,3-11H2,1-2H3. The smallest absolute Gasteiger partial charge is 0.0641 e. The second kappa shape index (κ2) is 5.50. The zero-order valence-corrected chi connectivity index (χ0v) is 10.9. The van der Waals surface area contributed by atoms with Crippen LogP contribution < -0.4 is 5.32 Å². The minimum atomic E-state index is 0.231. The van der Waals surface area contributed by atoms with E-state index in [9.17, 15) is 0 Å². The molecule has 0 radical (unpaired) electrons. The van der Waals surface area contributed by atoms with E-state index in [4.69, 9.17) is 4.74 Å². The lowest BCUT2D eigenvalue weighted by atomic mass is 9.71. The first-order chi connectivity index (χ1) is 7.73. The fourth-order valence-corrected chi connectivity index (χ4v) is 3.75. The van der Waals surface area contributed by atoms with Gasteiger partial charge in [-0.05, 0) is 38.1 Å². The Bertz CT molecular complexity index is 209. The van der Waals surface area contributed by atoms with Crippen LogP contribution in [0.25, 0.3) is 0 Å². The molecule has 0 bridgehead atoms. The first-order valence-corrected chi connectivity index (χ1v) is 6.97. The molecule has 1 N–H and O–H groups in total. The van der Waals surface area contributed by atoms with Gasteiger partial charge in [-0.2, -0.15) is 0 Å². The molecule has 0 aromatic heterocycles. The van der Waals surface area contributed by atoms with Gasteiger partial charge in [0.25, 0.3) is 0 Å². The van der Waals surface area contributed by atoms with Gasteiger partial charge in [-0.1, -0.05) is 32.1 Å². The van der Waals surface area contributed by atoms with Gasteiger partial charge >= 0.3 is 0 Å². The molecule has 0 aromatic rings. The molecule has 2 unspecified atom stereocenters. The van der Waals surface area contributed by atoms with E-state index in [0.717, 1.165) is 18.4 Å². The van der Waals surface area contributed by atoms with Gasteiger partial charge in [0.05, 0.1) is 6.61 Å². The van der Waals surface area contributed by atoms with Crippen molar-refractivity contribution < 1.29 is 4.74 Å². The molecule has 1 saturated carbocycles. The number of nitrogens with one attached hydrogen (secondary N) is 1. The van der Waals surface area contributed by atoms with Gasteiger partial charge in [-0.3, -0.25) is 0 Å². The van der Waals surface area contributed by atoms with Crippen molar-refractivity contribution in [2.24, 2.45) is 11.8 Å². The molecular weight excluding hydrogens is 198 g/mol. The summed E-state index contributed by atoms with van der Waals surface area (Å²) in [6, 6.07) is 0. The normalized spacial score (nSPS) is 37.5. The van der Waals surface area contributed by atoms with Crippen molar-refractivity contribution in [3.8, 4) is 0 Å². The van der Waals surface area contributed by atoms with Crippen LogP contribution in [-0.2, 0) is 4.74 Å². The summed E-state index contributed by atoms with van der Waals surface area (Å²) < 4.78 is 5.36. The highest BCUT2D eigenvalue weighted by molar-refractivity contribution is 4.92. The van der Waals surface area contributed by atoms with Crippen LogP contribution in [0.15, 0.2) is 0 Å². The third kappa shape index (κ3) is 2.98. The first kappa shape index (κ1) is 12.4. The monoisotopic (exact) mass is 225 g/mol. The molecule has 16 heavy (non-hydrogen) atoms. The van der Waals surface area contributed by atoms with Crippen molar-refractivity contribution in [2.75, 3.05) is 20.3 Å². The van der Waals surface area contributed by atoms with Crippen LogP contribution in [0.2, 0.25) is 0 Å². The van der Waals surface area contributed by atoms with E-state index < -0.39 is 0 Å². The highest BCUT2D eigenvalue weighted by Crippen LogP contribution is 2.37. The summed E-state index contributed by atoms with van der Waals surface area (Å²) in [4.78, 5) is 0. The van der Waals surface area contributed by atoms with E-state index in [1.54, 1.807) is 0 Å². The lowest BCUT2D eigenvalue weighted by molar-refractivity contribution is 0.0616. The van der Waals surface area contributed by atoms with Crippen LogP contribution in [0.1, 0.15) is 51.9 Å². The number of piperidine rings is 1. The Morgan fingerprint density at radius 3 is 2.56 bits per heavy atom. The summed E-state index contributed by atoms with van der Waals surface area (Å²) in [6.45, 7) is 4.36. The van der Waals surface area contributed by atoms with Crippen molar-refractivity contribution in [3.05, 3.63) is 0 Å². The van der Waals surface area contributed by atoms with Gasteiger partial charge in [0.15, 0.2) is 0 Å². The van der Waals surface area contributed by atoms with Crippen molar-refractivity contribution >= 4 is 0 Å². The summed E-state index contributed by atoms with van der Waals surface area (Å²) >= 11 is 0. The predicted molar refractivity (Wildman–Crippen MR) is 67.6 cm³/mol. The topological polar surface area (TPSA) is 21.3 Å². The summed E-state index contributed by atoms with van der Waals surface area (Å²) in [7, 11) is 1.82. The van der Waals surface area contributed by atoms with Crippen LogP contribution in [0, 0.1) is 11.8 Å². The van der Waals surface area contributed by atoms with Crippen molar-refractivity contribution in [3.63, 3.8) is 0 Å². The fourth-order valence-electron chi connectivity index (χ4n) is 3.75. The van der Waals surface area contributed by atoms with Crippen molar-refractivity contribution in [2.45, 2.75) is 57.4 Å². The van der Waals surface area contributed by atoms with Crippen LogP contribution in [0.5, 0.6) is 0 Å². The van der Waals surface area contributed by atoms with Crippen LogP contribution in [-0.4, -0.2) is 25.8 Å². The van der Waals surface area contributed by atoms with Crippen molar-refractivity contribution in [1.29, 1.82) is 0 Å². The summed E-state index contributed by atoms with van der Waals surface area (Å²) in [5, 5.41) is 3.64. The molecule has 94 valence electrons. The van der Waals surface area contributed by atoms with Gasteiger partial charge < -0.3 is 10.1 Å². The molecule has 2 atom stereocenters. The van der Waals surface area contributed by atoms with E-state index in [-0.39, 0.29) is 5.54 Å². The molecule has 2 nitrogen and oxygen atoms in total. The predicted octanol–water partition coefficient (Wildman–Crippen LogP) is 2.97. The number of methoxy groups -OCH3 is 1. The van der Waals surface area contributed by atoms with Crippen LogP contribution >= 0.6 is 0 Å². The van der Waals surface area contributed by atoms with Gasteiger partial charge in [0.1, 0.15) is 0 Å². The van der Waals surface area contributed by atoms with E-state index in [1.807, 2.05) is 7.11 Å². The van der Waals surface area contributed by atoms with Crippen molar-refractivity contribution in [1.82, 2.24) is 5.32 Å². The first-order valence-electron chi connectivity index (χ1n) is 6.97. The third-order valence-corrected chi connectivity index (χ3v) is 4.56. The minimum absolute atomic E-state index is 0.231. The average Bonchev–Trinajstić information content (AvgIpc) is 2.30. The quantitative estimate of drug-likeness (QED) is 0.797. The largest absolute Gasteiger partial charge is 0.383 e. The Hall–Kier alpha value is -0.0800. The SMILES string of the molecule is COCC1(C)CC(C2CCCCC2)CCN1. The lowest BCUT2D eigenvalue weighted by Gasteiger charge is -2.42. The highest BCUT2D eigenvalue weighted by Gasteiger charge is 2.35. The molecule has 1 saturated heterocycles. The Balaban J connectivity index is 1.90. The van der Waals surface area contributed by atoms with Crippen LogP contribution in [0.4, 0.5) is 0 Å². The summed E-state index contributed by atoms with van der Waals surface area (Å²) in [5.41, 5.74) is 0.231. The second-order valence-corrected chi connectivity index (χ2v) is 6.07. The number of ether oxygens (including phenoxy) is 1. The van der Waals surface area contributed by atoms with Crippen LogP contribution in [0.3, 0.4) is 0 Å². The average molecular weight is 225 g/mol. The molecule has 2 heteroatoms. The molecule has 1 heterocycles. The van der Waals surface area contributed by atoms with E-state index in [1.165, 1.54) is 51.5 Å². The molecule has 0 amide bonds. The third-order valence-electron chi connectivity index (χ3n) is 4.56. The number of rotatable bonds is 3. The number of hydrogen-bond donors (Lipinski definition) is 1. The van der Waals surface area contributed by atoms with Gasteiger partial charge in [-0.25, -0.2) is 0 Å². The highest BCUT2D eigenvalue weighted by atomic mass is 16.5. The molecule has 1 aliphatic carbocycles. The summed E-state index contributed by atoms with van der Waals surface area (Å²) in [6.07, 6.45) is 10.1. The Morgan fingerprint density at radius 1 is 1.12 bits per heavy atom. The maximum absolute atomic E-state index is 5.36. The Morgan fingerprint density at radius 2 is 1.88 bits per heavy atom. The minimum Gasteiger partial charge on any atom is -0.383 e. The Labute approximate surface area is 100 Å². The van der Waals surface area contributed by atoms with Gasteiger partial charge in [-0.15, -0.1) is 0 Å². The molecule has 2 fully saturated rings. The van der Waals surface area contributed by atoms with Gasteiger partial charge in [0.2, 0.25) is 0 Å². The number of hydrogen-bond acceptors (Lipinski definition) is 2. The zero-order valence-electron chi connectivity index (χ0n) is 10.9. The zero-order chi connectivity index (χ0) is 11.4. The fraction of sp³-hybridized carbons (Fsp3) is 1.00. The maximum Gasteiger partial charge on any atom is 0.0641 e. The molecule has 2 rings (SSSR count). The van der Waals surface area contributed by atoms with E-state index >= 15 is 0 Å². The lowest BCUT2D eigenvalue weighted by Crippen LogP contribution is -2.53. The van der Waals surface area contributed by atoms with Gasteiger partial charge in [0, 0.05) is 12.6 Å². The maximum atomic E-state index is 5.36.